The van der Waals surface area contributed by atoms with E-state index in [0.29, 0.717) is 0 Å². The van der Waals surface area contributed by atoms with E-state index in [0.717, 1.165) is 66.8 Å². The lowest BCUT2D eigenvalue weighted by Gasteiger charge is -2.20. The number of aromatic nitrogens is 3. The molecule has 0 amide bonds. The van der Waals surface area contributed by atoms with Crippen LogP contribution in [0.15, 0.2) is 34.9 Å². The number of aryl methyl sites for hydroxylation is 2. The Bertz CT molecular complexity index is 885. The van der Waals surface area contributed by atoms with E-state index in [1.54, 1.807) is 0 Å². The molecule has 1 aliphatic heterocycles. The number of benzene rings is 1. The quantitative estimate of drug-likeness (QED) is 0.737. The average molecular weight is 349 g/mol. The molecule has 0 unspecified atom stereocenters. The van der Waals surface area contributed by atoms with Crippen LogP contribution in [0.25, 0.3) is 11.4 Å². The lowest BCUT2D eigenvalue weighted by Crippen LogP contribution is -2.27. The van der Waals surface area contributed by atoms with Gasteiger partial charge in [-0.05, 0) is 33.2 Å². The third-order valence-electron chi connectivity index (χ3n) is 4.82. The second kappa shape index (κ2) is 7.25. The summed E-state index contributed by atoms with van der Waals surface area (Å²) in [6.45, 7) is 6.47. The van der Waals surface area contributed by atoms with Crippen molar-refractivity contribution in [1.82, 2.24) is 20.4 Å². The van der Waals surface area contributed by atoms with Gasteiger partial charge in [0, 0.05) is 29.8 Å². The van der Waals surface area contributed by atoms with Crippen molar-refractivity contribution in [3.63, 3.8) is 0 Å². The van der Waals surface area contributed by atoms with E-state index in [1.807, 2.05) is 44.2 Å². The standard InChI is InChI=1S/C20H23N5O/c1-13-16(14(2)26-25-13)9-11-22-20-17-8-10-21-12-18(17)23-19(24-20)15-6-4-3-5-7-15/h3-7,21H,8-12H2,1-2H3,(H,22,23,24). The maximum Gasteiger partial charge on any atom is 0.161 e. The number of nitrogens with zero attached hydrogens (tertiary/aromatic N) is 3. The molecule has 3 aromatic rings. The van der Waals surface area contributed by atoms with Gasteiger partial charge >= 0.3 is 0 Å². The maximum absolute atomic E-state index is 5.25. The van der Waals surface area contributed by atoms with E-state index in [9.17, 15) is 0 Å². The molecule has 0 bridgehead atoms. The Balaban J connectivity index is 1.60. The Hall–Kier alpha value is -2.73. The molecule has 0 spiro atoms. The van der Waals surface area contributed by atoms with E-state index in [-0.39, 0.29) is 0 Å². The number of hydrogen-bond acceptors (Lipinski definition) is 6. The zero-order valence-corrected chi connectivity index (χ0v) is 15.2. The van der Waals surface area contributed by atoms with Crippen LogP contribution in [0.3, 0.4) is 0 Å². The second-order valence-electron chi connectivity index (χ2n) is 6.59. The molecular formula is C20H23N5O. The van der Waals surface area contributed by atoms with E-state index < -0.39 is 0 Å². The van der Waals surface area contributed by atoms with Crippen molar-refractivity contribution in [2.24, 2.45) is 0 Å². The van der Waals surface area contributed by atoms with Gasteiger partial charge in [-0.25, -0.2) is 9.97 Å². The average Bonchev–Trinajstić information content (AvgIpc) is 3.00. The first-order chi connectivity index (χ1) is 12.7. The fourth-order valence-electron chi connectivity index (χ4n) is 3.39. The topological polar surface area (TPSA) is 75.9 Å². The van der Waals surface area contributed by atoms with E-state index >= 15 is 0 Å². The van der Waals surface area contributed by atoms with Crippen molar-refractivity contribution in [3.8, 4) is 11.4 Å². The van der Waals surface area contributed by atoms with Gasteiger partial charge < -0.3 is 15.2 Å². The molecule has 0 radical (unpaired) electrons. The van der Waals surface area contributed by atoms with Crippen molar-refractivity contribution in [1.29, 1.82) is 0 Å². The van der Waals surface area contributed by atoms with Crippen LogP contribution >= 0.6 is 0 Å². The van der Waals surface area contributed by atoms with Crippen LogP contribution in [-0.4, -0.2) is 28.2 Å². The molecule has 4 rings (SSSR count). The number of anilines is 1. The fraction of sp³-hybridized carbons (Fsp3) is 0.350. The van der Waals surface area contributed by atoms with Crippen LogP contribution in [0.5, 0.6) is 0 Å². The highest BCUT2D eigenvalue weighted by Crippen LogP contribution is 2.25. The van der Waals surface area contributed by atoms with Crippen LogP contribution < -0.4 is 10.6 Å². The molecule has 2 aromatic heterocycles. The predicted octanol–water partition coefficient (Wildman–Crippen LogP) is 3.05. The van der Waals surface area contributed by atoms with E-state index in [2.05, 4.69) is 15.8 Å². The van der Waals surface area contributed by atoms with Crippen LogP contribution in [0, 0.1) is 13.8 Å². The smallest absolute Gasteiger partial charge is 0.161 e. The number of fused-ring (bicyclic) bond motifs is 1. The Labute approximate surface area is 153 Å². The van der Waals surface area contributed by atoms with Crippen LogP contribution in [0.2, 0.25) is 0 Å². The van der Waals surface area contributed by atoms with Crippen LogP contribution in [0.1, 0.15) is 28.3 Å². The predicted molar refractivity (Wildman–Crippen MR) is 101 cm³/mol. The van der Waals surface area contributed by atoms with Gasteiger partial charge in [-0.1, -0.05) is 35.5 Å². The highest BCUT2D eigenvalue weighted by atomic mass is 16.5. The van der Waals surface area contributed by atoms with Crippen molar-refractivity contribution < 1.29 is 4.52 Å². The molecule has 0 saturated heterocycles. The zero-order chi connectivity index (χ0) is 17.9. The van der Waals surface area contributed by atoms with Crippen LogP contribution in [-0.2, 0) is 19.4 Å². The van der Waals surface area contributed by atoms with Gasteiger partial charge in [0.25, 0.3) is 0 Å². The maximum atomic E-state index is 5.25. The van der Waals surface area contributed by atoms with Gasteiger partial charge in [-0.3, -0.25) is 0 Å². The molecule has 0 fully saturated rings. The first-order valence-corrected chi connectivity index (χ1v) is 9.04. The van der Waals surface area contributed by atoms with Crippen molar-refractivity contribution in [3.05, 3.63) is 58.6 Å². The number of hydrogen-bond donors (Lipinski definition) is 2. The summed E-state index contributed by atoms with van der Waals surface area (Å²) >= 11 is 0. The Kier molecular flexibility index (Phi) is 4.67. The Morgan fingerprint density at radius 2 is 2.00 bits per heavy atom. The molecule has 6 nitrogen and oxygen atoms in total. The molecule has 134 valence electrons. The molecule has 6 heteroatoms. The third-order valence-corrected chi connectivity index (χ3v) is 4.82. The summed E-state index contributed by atoms with van der Waals surface area (Å²) < 4.78 is 5.25. The van der Waals surface area contributed by atoms with Gasteiger partial charge in [-0.2, -0.15) is 0 Å². The molecule has 0 aliphatic carbocycles. The zero-order valence-electron chi connectivity index (χ0n) is 15.2. The summed E-state index contributed by atoms with van der Waals surface area (Å²) in [6.07, 6.45) is 1.80. The summed E-state index contributed by atoms with van der Waals surface area (Å²) in [6, 6.07) is 10.1. The number of nitrogens with one attached hydrogen (secondary N) is 2. The summed E-state index contributed by atoms with van der Waals surface area (Å²) in [5.41, 5.74) is 5.48. The summed E-state index contributed by atoms with van der Waals surface area (Å²) in [5, 5.41) is 11.0. The van der Waals surface area contributed by atoms with Crippen molar-refractivity contribution in [2.75, 3.05) is 18.4 Å². The molecule has 0 saturated carbocycles. The Morgan fingerprint density at radius 3 is 2.77 bits per heavy atom. The molecule has 2 N–H and O–H groups in total. The lowest BCUT2D eigenvalue weighted by atomic mass is 10.1. The normalized spacial score (nSPS) is 13.5. The highest BCUT2D eigenvalue weighted by molar-refractivity contribution is 5.60. The van der Waals surface area contributed by atoms with Gasteiger partial charge in [0.2, 0.25) is 0 Å². The SMILES string of the molecule is Cc1noc(C)c1CCNc1nc(-c2ccccc2)nc2c1CCNC2. The molecule has 26 heavy (non-hydrogen) atoms. The first kappa shape index (κ1) is 16.7. The molecule has 3 heterocycles. The van der Waals surface area contributed by atoms with Gasteiger partial charge in [-0.15, -0.1) is 0 Å². The number of rotatable bonds is 5. The van der Waals surface area contributed by atoms with Crippen molar-refractivity contribution >= 4 is 5.82 Å². The second-order valence-corrected chi connectivity index (χ2v) is 6.59. The van der Waals surface area contributed by atoms with Crippen molar-refractivity contribution in [2.45, 2.75) is 33.2 Å². The summed E-state index contributed by atoms with van der Waals surface area (Å²) in [7, 11) is 0. The minimum absolute atomic E-state index is 0.771. The lowest BCUT2D eigenvalue weighted by molar-refractivity contribution is 0.392. The molecule has 1 aromatic carbocycles. The Morgan fingerprint density at radius 1 is 1.15 bits per heavy atom. The van der Waals surface area contributed by atoms with E-state index in [4.69, 9.17) is 14.5 Å². The van der Waals surface area contributed by atoms with Gasteiger partial charge in [0.15, 0.2) is 5.82 Å². The molecule has 0 atom stereocenters. The van der Waals surface area contributed by atoms with Crippen LogP contribution in [0.4, 0.5) is 5.82 Å². The minimum Gasteiger partial charge on any atom is -0.369 e. The van der Waals surface area contributed by atoms with Gasteiger partial charge in [0.1, 0.15) is 11.6 Å². The molecule has 1 aliphatic rings. The largest absolute Gasteiger partial charge is 0.369 e. The third kappa shape index (κ3) is 3.32. The van der Waals surface area contributed by atoms with E-state index in [1.165, 1.54) is 11.1 Å². The summed E-state index contributed by atoms with van der Waals surface area (Å²) in [5.74, 6) is 2.61. The highest BCUT2D eigenvalue weighted by Gasteiger charge is 2.18. The molecular weight excluding hydrogens is 326 g/mol. The first-order valence-electron chi connectivity index (χ1n) is 9.04. The fourth-order valence-corrected chi connectivity index (χ4v) is 3.39. The van der Waals surface area contributed by atoms with Gasteiger partial charge in [0.05, 0.1) is 11.4 Å². The minimum atomic E-state index is 0.771. The monoisotopic (exact) mass is 349 g/mol. The summed E-state index contributed by atoms with van der Waals surface area (Å²) in [4.78, 5) is 9.62.